The van der Waals surface area contributed by atoms with E-state index in [1.54, 1.807) is 19.9 Å². The molecule has 0 aromatic carbocycles. The lowest BCUT2D eigenvalue weighted by atomic mass is 9.90. The van der Waals surface area contributed by atoms with E-state index in [0.717, 1.165) is 0 Å². The van der Waals surface area contributed by atoms with Crippen molar-refractivity contribution in [1.29, 1.82) is 0 Å². The summed E-state index contributed by atoms with van der Waals surface area (Å²) in [6.45, 7) is 3.15. The van der Waals surface area contributed by atoms with Crippen molar-refractivity contribution in [2.75, 3.05) is 0 Å². The van der Waals surface area contributed by atoms with Crippen molar-refractivity contribution >= 4 is 5.97 Å². The smallest absolute Gasteiger partial charge is 0.315 e. The van der Waals surface area contributed by atoms with Crippen molar-refractivity contribution in [3.63, 3.8) is 0 Å². The lowest BCUT2D eigenvalue weighted by Crippen LogP contribution is -2.28. The summed E-state index contributed by atoms with van der Waals surface area (Å²) >= 11 is 0. The van der Waals surface area contributed by atoms with Gasteiger partial charge in [-0.15, -0.1) is 0 Å². The predicted molar refractivity (Wildman–Crippen MR) is 37.2 cm³/mol. The van der Waals surface area contributed by atoms with E-state index in [2.05, 4.69) is 9.68 Å². The number of aromatic nitrogens is 1. The molecular weight excluding hydrogens is 146 g/mol. The van der Waals surface area contributed by atoms with Crippen LogP contribution in [0.25, 0.3) is 0 Å². The third-order valence-corrected chi connectivity index (χ3v) is 1.61. The molecule has 11 heavy (non-hydrogen) atoms. The van der Waals surface area contributed by atoms with Crippen LogP contribution < -0.4 is 0 Å². The Bertz CT molecular complexity index is 251. The van der Waals surface area contributed by atoms with Crippen LogP contribution in [-0.2, 0) is 10.2 Å². The maximum Gasteiger partial charge on any atom is 0.315 e. The van der Waals surface area contributed by atoms with Crippen LogP contribution in [0.5, 0.6) is 0 Å². The molecule has 0 aliphatic rings. The van der Waals surface area contributed by atoms with E-state index >= 15 is 0 Å². The van der Waals surface area contributed by atoms with Gasteiger partial charge in [-0.25, -0.2) is 0 Å². The Morgan fingerprint density at radius 2 is 2.36 bits per heavy atom. The molecule has 1 aromatic rings. The van der Waals surface area contributed by atoms with Crippen LogP contribution in [0.2, 0.25) is 0 Å². The van der Waals surface area contributed by atoms with Gasteiger partial charge in [0.05, 0.1) is 0 Å². The highest BCUT2D eigenvalue weighted by Gasteiger charge is 2.31. The summed E-state index contributed by atoms with van der Waals surface area (Å²) in [5, 5.41) is 12.3. The van der Waals surface area contributed by atoms with Gasteiger partial charge in [-0.2, -0.15) is 0 Å². The van der Waals surface area contributed by atoms with E-state index in [4.69, 9.17) is 5.11 Å². The SMILES string of the molecule is CC(C)(C(=O)O)c1ccon1. The van der Waals surface area contributed by atoms with Crippen molar-refractivity contribution in [1.82, 2.24) is 5.16 Å². The number of aliphatic carboxylic acids is 1. The maximum atomic E-state index is 10.6. The van der Waals surface area contributed by atoms with E-state index in [1.165, 1.54) is 6.26 Å². The molecule has 4 nitrogen and oxygen atoms in total. The van der Waals surface area contributed by atoms with Gasteiger partial charge in [-0.05, 0) is 13.8 Å². The molecule has 0 fully saturated rings. The van der Waals surface area contributed by atoms with E-state index in [0.29, 0.717) is 5.69 Å². The van der Waals surface area contributed by atoms with Gasteiger partial charge < -0.3 is 9.63 Å². The first-order valence-corrected chi connectivity index (χ1v) is 3.19. The largest absolute Gasteiger partial charge is 0.481 e. The molecule has 0 aliphatic heterocycles. The molecule has 60 valence electrons. The van der Waals surface area contributed by atoms with Gasteiger partial charge >= 0.3 is 5.97 Å². The Morgan fingerprint density at radius 3 is 2.73 bits per heavy atom. The van der Waals surface area contributed by atoms with Gasteiger partial charge in [-0.3, -0.25) is 4.79 Å². The molecule has 0 aliphatic carbocycles. The number of hydrogen-bond acceptors (Lipinski definition) is 3. The minimum atomic E-state index is -0.965. The quantitative estimate of drug-likeness (QED) is 0.692. The number of rotatable bonds is 2. The second-order valence-corrected chi connectivity index (χ2v) is 2.81. The van der Waals surface area contributed by atoms with Crippen molar-refractivity contribution < 1.29 is 14.4 Å². The molecule has 0 saturated carbocycles. The van der Waals surface area contributed by atoms with Crippen LogP contribution in [0.1, 0.15) is 19.5 Å². The molecule has 4 heteroatoms. The number of hydrogen-bond donors (Lipinski definition) is 1. The topological polar surface area (TPSA) is 63.3 Å². The summed E-state index contributed by atoms with van der Waals surface area (Å²) in [7, 11) is 0. The summed E-state index contributed by atoms with van der Waals surface area (Å²) in [6.07, 6.45) is 1.36. The molecule has 0 radical (unpaired) electrons. The van der Waals surface area contributed by atoms with Crippen LogP contribution in [0.3, 0.4) is 0 Å². The van der Waals surface area contributed by atoms with Gasteiger partial charge in [-0.1, -0.05) is 5.16 Å². The van der Waals surface area contributed by atoms with E-state index < -0.39 is 11.4 Å². The van der Waals surface area contributed by atoms with E-state index in [1.807, 2.05) is 0 Å². The van der Waals surface area contributed by atoms with Gasteiger partial charge in [0.25, 0.3) is 0 Å². The van der Waals surface area contributed by atoms with Crippen LogP contribution in [0, 0.1) is 0 Å². The van der Waals surface area contributed by atoms with E-state index in [9.17, 15) is 4.79 Å². The second kappa shape index (κ2) is 2.38. The molecule has 0 amide bonds. The van der Waals surface area contributed by atoms with Crippen LogP contribution in [-0.4, -0.2) is 16.2 Å². The molecule has 0 atom stereocenters. The Kier molecular flexibility index (Phi) is 1.68. The molecule has 1 N–H and O–H groups in total. The average molecular weight is 155 g/mol. The molecule has 1 aromatic heterocycles. The Hall–Kier alpha value is -1.32. The minimum Gasteiger partial charge on any atom is -0.481 e. The van der Waals surface area contributed by atoms with Gasteiger partial charge in [0.15, 0.2) is 0 Å². The maximum absolute atomic E-state index is 10.6. The van der Waals surface area contributed by atoms with Crippen LogP contribution in [0.4, 0.5) is 0 Å². The van der Waals surface area contributed by atoms with Crippen molar-refractivity contribution in [3.05, 3.63) is 18.0 Å². The fraction of sp³-hybridized carbons (Fsp3) is 0.429. The fourth-order valence-corrected chi connectivity index (χ4v) is 0.645. The Labute approximate surface area is 63.8 Å². The molecule has 0 bridgehead atoms. The second-order valence-electron chi connectivity index (χ2n) is 2.81. The van der Waals surface area contributed by atoms with Crippen LogP contribution in [0.15, 0.2) is 16.9 Å². The summed E-state index contributed by atoms with van der Waals surface area (Å²) in [5.74, 6) is -0.911. The molecule has 1 rings (SSSR count). The molecule has 0 spiro atoms. The number of carboxylic acids is 1. The first-order chi connectivity index (χ1) is 5.05. The molecule has 0 unspecified atom stereocenters. The molecule has 0 saturated heterocycles. The Balaban J connectivity index is 3.00. The summed E-state index contributed by atoms with van der Waals surface area (Å²) in [4.78, 5) is 10.6. The number of carbonyl (C=O) groups is 1. The van der Waals surface area contributed by atoms with Crippen LogP contribution >= 0.6 is 0 Å². The third kappa shape index (κ3) is 1.24. The zero-order valence-electron chi connectivity index (χ0n) is 6.37. The highest BCUT2D eigenvalue weighted by molar-refractivity contribution is 5.79. The molecular formula is C7H9NO3. The van der Waals surface area contributed by atoms with Crippen molar-refractivity contribution in [2.45, 2.75) is 19.3 Å². The molecule has 1 heterocycles. The van der Waals surface area contributed by atoms with Gasteiger partial charge in [0, 0.05) is 6.07 Å². The lowest BCUT2D eigenvalue weighted by Gasteiger charge is -2.14. The highest BCUT2D eigenvalue weighted by atomic mass is 16.5. The number of carboxylic acid groups (broad SMARTS) is 1. The average Bonchev–Trinajstić information content (AvgIpc) is 2.37. The zero-order chi connectivity index (χ0) is 8.48. The third-order valence-electron chi connectivity index (χ3n) is 1.61. The summed E-state index contributed by atoms with van der Waals surface area (Å²) < 4.78 is 4.54. The monoisotopic (exact) mass is 155 g/mol. The first kappa shape index (κ1) is 7.78. The lowest BCUT2D eigenvalue weighted by molar-refractivity contribution is -0.142. The number of nitrogens with zero attached hydrogens (tertiary/aromatic N) is 1. The van der Waals surface area contributed by atoms with E-state index in [-0.39, 0.29) is 0 Å². The highest BCUT2D eigenvalue weighted by Crippen LogP contribution is 2.20. The summed E-state index contributed by atoms with van der Waals surface area (Å²) in [6, 6.07) is 1.55. The van der Waals surface area contributed by atoms with Gasteiger partial charge in [0.1, 0.15) is 17.4 Å². The van der Waals surface area contributed by atoms with Crippen molar-refractivity contribution in [2.24, 2.45) is 0 Å². The normalized spacial score (nSPS) is 11.5. The predicted octanol–water partition coefficient (Wildman–Crippen LogP) is 1.04. The summed E-state index contributed by atoms with van der Waals surface area (Å²) in [5.41, 5.74) is -0.530. The first-order valence-electron chi connectivity index (χ1n) is 3.19. The van der Waals surface area contributed by atoms with Crippen molar-refractivity contribution in [3.8, 4) is 0 Å². The standard InChI is InChI=1S/C7H9NO3/c1-7(2,6(9)10)5-3-4-11-8-5/h3-4H,1-2H3,(H,9,10). The fourth-order valence-electron chi connectivity index (χ4n) is 0.645. The Morgan fingerprint density at radius 1 is 1.73 bits per heavy atom. The minimum absolute atomic E-state index is 0.435. The van der Waals surface area contributed by atoms with Gasteiger partial charge in [0.2, 0.25) is 0 Å². The zero-order valence-corrected chi connectivity index (χ0v) is 6.37.